The molecule has 1 saturated heterocycles. The maximum Gasteiger partial charge on any atom is 0.191 e. The van der Waals surface area contributed by atoms with E-state index in [0.717, 1.165) is 38.1 Å². The lowest BCUT2D eigenvalue weighted by Crippen LogP contribution is -2.39. The first kappa shape index (κ1) is 21.0. The zero-order valence-electron chi connectivity index (χ0n) is 14.2. The Kier molecular flexibility index (Phi) is 13.6. The summed E-state index contributed by atoms with van der Waals surface area (Å²) in [5, 5.41) is 6.72. The van der Waals surface area contributed by atoms with Crippen LogP contribution in [0, 0.1) is 0 Å². The summed E-state index contributed by atoms with van der Waals surface area (Å²) in [4.78, 5) is 7.17. The summed E-state index contributed by atoms with van der Waals surface area (Å²) >= 11 is 0. The average Bonchev–Trinajstić information content (AvgIpc) is 2.46. The Morgan fingerprint density at radius 1 is 1.19 bits per heavy atom. The van der Waals surface area contributed by atoms with Crippen molar-refractivity contribution in [1.82, 2.24) is 15.5 Å². The van der Waals surface area contributed by atoms with E-state index in [1.807, 2.05) is 0 Å². The second-order valence-electron chi connectivity index (χ2n) is 5.78. The Morgan fingerprint density at radius 3 is 2.67 bits per heavy atom. The summed E-state index contributed by atoms with van der Waals surface area (Å²) in [6, 6.07) is 0.792. The lowest BCUT2D eigenvalue weighted by atomic mass is 10.0. The maximum absolute atomic E-state index is 4.52. The van der Waals surface area contributed by atoms with Crippen molar-refractivity contribution >= 4 is 29.9 Å². The third-order valence-corrected chi connectivity index (χ3v) is 3.94. The molecule has 1 heterocycles. The van der Waals surface area contributed by atoms with E-state index in [1.165, 1.54) is 45.2 Å². The third-order valence-electron chi connectivity index (χ3n) is 3.94. The highest BCUT2D eigenvalue weighted by Gasteiger charge is 2.16. The number of aliphatic imine (C=N–C) groups is 1. The number of halogens is 1. The molecule has 1 atom stereocenters. The molecule has 0 saturated carbocycles. The molecule has 0 amide bonds. The number of hydrogen-bond donors (Lipinski definition) is 2. The van der Waals surface area contributed by atoms with Crippen molar-refractivity contribution in [3.63, 3.8) is 0 Å². The van der Waals surface area contributed by atoms with Crippen LogP contribution < -0.4 is 10.6 Å². The first-order valence-corrected chi connectivity index (χ1v) is 8.54. The van der Waals surface area contributed by atoms with Crippen LogP contribution in [0.1, 0.15) is 59.3 Å². The Labute approximate surface area is 148 Å². The van der Waals surface area contributed by atoms with Crippen LogP contribution in [0.2, 0.25) is 0 Å². The summed E-state index contributed by atoms with van der Waals surface area (Å²) in [5.74, 6) is 0.973. The molecular weight excluding hydrogens is 375 g/mol. The lowest BCUT2D eigenvalue weighted by molar-refractivity contribution is 0.158. The van der Waals surface area contributed by atoms with Crippen LogP contribution in [0.15, 0.2) is 4.99 Å². The van der Waals surface area contributed by atoms with Gasteiger partial charge in [0.1, 0.15) is 0 Å². The fourth-order valence-corrected chi connectivity index (χ4v) is 2.70. The highest BCUT2D eigenvalue weighted by molar-refractivity contribution is 14.0. The molecule has 0 radical (unpaired) electrons. The maximum atomic E-state index is 4.52. The molecule has 0 aromatic heterocycles. The predicted octanol–water partition coefficient (Wildman–Crippen LogP) is 3.22. The van der Waals surface area contributed by atoms with Gasteiger partial charge in [-0.05, 0) is 59.0 Å². The first-order chi connectivity index (χ1) is 9.77. The third kappa shape index (κ3) is 9.55. The van der Waals surface area contributed by atoms with E-state index in [2.05, 4.69) is 41.3 Å². The van der Waals surface area contributed by atoms with Crippen molar-refractivity contribution in [2.24, 2.45) is 4.99 Å². The van der Waals surface area contributed by atoms with E-state index in [0.29, 0.717) is 0 Å². The van der Waals surface area contributed by atoms with Crippen molar-refractivity contribution in [1.29, 1.82) is 0 Å². The molecule has 1 aliphatic heterocycles. The molecule has 1 rings (SSSR count). The van der Waals surface area contributed by atoms with Gasteiger partial charge in [0.05, 0.1) is 0 Å². The fraction of sp³-hybridized carbons (Fsp3) is 0.938. The monoisotopic (exact) mass is 410 g/mol. The van der Waals surface area contributed by atoms with Crippen LogP contribution in [0.25, 0.3) is 0 Å². The van der Waals surface area contributed by atoms with Gasteiger partial charge in [0, 0.05) is 25.7 Å². The SMILES string of the molecule is CCCN=C(NCC)NCCCCN1CCCCC1C.I. The topological polar surface area (TPSA) is 39.7 Å². The standard InChI is InChI=1S/C16H34N4.HI/c1-4-11-18-16(17-5-2)19-12-7-9-14-20-13-8-6-10-15(20)3;/h15H,4-14H2,1-3H3,(H2,17,18,19);1H. The number of piperidine rings is 1. The summed E-state index contributed by atoms with van der Waals surface area (Å²) in [6.07, 6.45) is 7.79. The molecule has 4 nitrogen and oxygen atoms in total. The minimum atomic E-state index is 0. The summed E-state index contributed by atoms with van der Waals surface area (Å²) in [7, 11) is 0. The Hall–Kier alpha value is -0.0400. The van der Waals surface area contributed by atoms with Crippen LogP contribution in [-0.4, -0.2) is 49.6 Å². The van der Waals surface area contributed by atoms with E-state index in [4.69, 9.17) is 0 Å². The van der Waals surface area contributed by atoms with Crippen molar-refractivity contribution in [3.8, 4) is 0 Å². The second-order valence-corrected chi connectivity index (χ2v) is 5.78. The van der Waals surface area contributed by atoms with E-state index in [1.54, 1.807) is 0 Å². The molecule has 1 aliphatic rings. The largest absolute Gasteiger partial charge is 0.357 e. The minimum absolute atomic E-state index is 0. The van der Waals surface area contributed by atoms with Crippen LogP contribution >= 0.6 is 24.0 Å². The smallest absolute Gasteiger partial charge is 0.191 e. The number of unbranched alkanes of at least 4 members (excludes halogenated alkanes) is 1. The van der Waals surface area contributed by atoms with Gasteiger partial charge in [-0.2, -0.15) is 0 Å². The van der Waals surface area contributed by atoms with Gasteiger partial charge in [0.2, 0.25) is 0 Å². The van der Waals surface area contributed by atoms with Gasteiger partial charge in [0.15, 0.2) is 5.96 Å². The van der Waals surface area contributed by atoms with E-state index in [-0.39, 0.29) is 24.0 Å². The molecular formula is C16H35IN4. The van der Waals surface area contributed by atoms with Gasteiger partial charge >= 0.3 is 0 Å². The zero-order valence-corrected chi connectivity index (χ0v) is 16.5. The molecule has 126 valence electrons. The number of likely N-dealkylation sites (tertiary alicyclic amines) is 1. The first-order valence-electron chi connectivity index (χ1n) is 8.54. The average molecular weight is 410 g/mol. The minimum Gasteiger partial charge on any atom is -0.357 e. The number of guanidine groups is 1. The molecule has 2 N–H and O–H groups in total. The summed E-state index contributed by atoms with van der Waals surface area (Å²) in [6.45, 7) is 12.1. The van der Waals surface area contributed by atoms with Crippen molar-refractivity contribution in [2.75, 3.05) is 32.7 Å². The van der Waals surface area contributed by atoms with Crippen molar-refractivity contribution in [2.45, 2.75) is 65.3 Å². The molecule has 0 bridgehead atoms. The summed E-state index contributed by atoms with van der Waals surface area (Å²) in [5.41, 5.74) is 0. The number of hydrogen-bond acceptors (Lipinski definition) is 2. The van der Waals surface area contributed by atoms with Crippen molar-refractivity contribution in [3.05, 3.63) is 0 Å². The van der Waals surface area contributed by atoms with E-state index in [9.17, 15) is 0 Å². The number of nitrogens with one attached hydrogen (secondary N) is 2. The highest BCUT2D eigenvalue weighted by Crippen LogP contribution is 2.16. The van der Waals surface area contributed by atoms with Gasteiger partial charge in [-0.3, -0.25) is 4.99 Å². The van der Waals surface area contributed by atoms with Gasteiger partial charge in [0.25, 0.3) is 0 Å². The zero-order chi connectivity index (χ0) is 14.6. The number of nitrogens with zero attached hydrogens (tertiary/aromatic N) is 2. The molecule has 0 aromatic rings. The Morgan fingerprint density at radius 2 is 2.00 bits per heavy atom. The highest BCUT2D eigenvalue weighted by atomic mass is 127. The van der Waals surface area contributed by atoms with Gasteiger partial charge in [-0.1, -0.05) is 13.3 Å². The molecule has 0 aromatic carbocycles. The molecule has 0 spiro atoms. The van der Waals surface area contributed by atoms with Crippen LogP contribution in [-0.2, 0) is 0 Å². The van der Waals surface area contributed by atoms with Crippen molar-refractivity contribution < 1.29 is 0 Å². The second kappa shape index (κ2) is 13.6. The van der Waals surface area contributed by atoms with Crippen LogP contribution in [0.3, 0.4) is 0 Å². The van der Waals surface area contributed by atoms with Gasteiger partial charge < -0.3 is 15.5 Å². The van der Waals surface area contributed by atoms with Crippen LogP contribution in [0.4, 0.5) is 0 Å². The number of rotatable bonds is 8. The Bertz CT molecular complexity index is 271. The molecule has 1 fully saturated rings. The van der Waals surface area contributed by atoms with Gasteiger partial charge in [-0.15, -0.1) is 24.0 Å². The molecule has 0 aliphatic carbocycles. The normalized spacial score (nSPS) is 20.0. The lowest BCUT2D eigenvalue weighted by Gasteiger charge is -2.33. The molecule has 1 unspecified atom stereocenters. The van der Waals surface area contributed by atoms with Gasteiger partial charge in [-0.25, -0.2) is 0 Å². The van der Waals surface area contributed by atoms with Crippen LogP contribution in [0.5, 0.6) is 0 Å². The fourth-order valence-electron chi connectivity index (χ4n) is 2.70. The molecule has 5 heteroatoms. The van der Waals surface area contributed by atoms with E-state index >= 15 is 0 Å². The Balaban J connectivity index is 0.00000400. The molecule has 21 heavy (non-hydrogen) atoms. The predicted molar refractivity (Wildman–Crippen MR) is 104 cm³/mol. The quantitative estimate of drug-likeness (QED) is 0.279. The summed E-state index contributed by atoms with van der Waals surface area (Å²) < 4.78 is 0. The van der Waals surface area contributed by atoms with E-state index < -0.39 is 0 Å².